The van der Waals surface area contributed by atoms with E-state index in [9.17, 15) is 9.50 Å². The van der Waals surface area contributed by atoms with E-state index in [0.717, 1.165) is 19.7 Å². The first-order chi connectivity index (χ1) is 9.54. The van der Waals surface area contributed by atoms with Crippen LogP contribution in [0.15, 0.2) is 36.4 Å². The molecule has 3 aromatic rings. The number of benzene rings is 2. The smallest absolute Gasteiger partial charge is 0.164 e. The van der Waals surface area contributed by atoms with Gasteiger partial charge < -0.3 is 9.67 Å². The summed E-state index contributed by atoms with van der Waals surface area (Å²) in [5.74, 6) is -0.937. The molecule has 0 spiro atoms. The molecule has 2 aromatic carbocycles. The molecule has 5 heteroatoms. The highest BCUT2D eigenvalue weighted by Gasteiger charge is 2.08. The van der Waals surface area contributed by atoms with Gasteiger partial charge in [0.1, 0.15) is 0 Å². The summed E-state index contributed by atoms with van der Waals surface area (Å²) in [5.41, 5.74) is 3.06. The second-order valence-electron chi connectivity index (χ2n) is 4.71. The summed E-state index contributed by atoms with van der Waals surface area (Å²) < 4.78 is 17.0. The Hall–Kier alpha value is -1.72. The van der Waals surface area contributed by atoms with Gasteiger partial charge in [0.2, 0.25) is 0 Å². The van der Waals surface area contributed by atoms with E-state index in [1.165, 1.54) is 17.7 Å². The first-order valence-electron chi connectivity index (χ1n) is 6.12. The normalized spacial score (nSPS) is 11.1. The number of hydrogen-bond donors (Lipinski definition) is 1. The molecule has 2 nitrogen and oxygen atoms in total. The molecule has 3 rings (SSSR count). The molecule has 0 radical (unpaired) electrons. The van der Waals surface area contributed by atoms with Gasteiger partial charge in [-0.3, -0.25) is 0 Å². The second kappa shape index (κ2) is 5.00. The predicted octanol–water partition coefficient (Wildman–Crippen LogP) is 4.63. The fourth-order valence-electron chi connectivity index (χ4n) is 2.16. The van der Waals surface area contributed by atoms with Crippen molar-refractivity contribution in [3.05, 3.63) is 57.3 Å². The summed E-state index contributed by atoms with van der Waals surface area (Å²) in [7, 11) is 0. The van der Waals surface area contributed by atoms with Crippen molar-refractivity contribution < 1.29 is 9.50 Å². The molecule has 0 aliphatic heterocycles. The van der Waals surface area contributed by atoms with Crippen LogP contribution in [-0.4, -0.2) is 9.67 Å². The summed E-state index contributed by atoms with van der Waals surface area (Å²) in [6.07, 6.45) is 0. The molecular weight excluding hydrogens is 293 g/mol. The van der Waals surface area contributed by atoms with Crippen molar-refractivity contribution in [2.45, 2.75) is 13.5 Å². The van der Waals surface area contributed by atoms with Gasteiger partial charge in [-0.1, -0.05) is 12.1 Å². The highest BCUT2D eigenvalue weighted by Crippen LogP contribution is 2.26. The zero-order valence-corrected chi connectivity index (χ0v) is 12.4. The fourth-order valence-corrected chi connectivity index (χ4v) is 3.46. The molecule has 0 unspecified atom stereocenters. The number of rotatable bonds is 2. The summed E-state index contributed by atoms with van der Waals surface area (Å²) in [6.45, 7) is 2.56. The Balaban J connectivity index is 2.10. The van der Waals surface area contributed by atoms with E-state index in [0.29, 0.717) is 6.54 Å². The van der Waals surface area contributed by atoms with Gasteiger partial charge in [-0.25, -0.2) is 4.39 Å². The van der Waals surface area contributed by atoms with Gasteiger partial charge in [0, 0.05) is 6.54 Å². The summed E-state index contributed by atoms with van der Waals surface area (Å²) in [5, 5.41) is 9.45. The van der Waals surface area contributed by atoms with E-state index in [1.807, 2.05) is 11.5 Å². The Morgan fingerprint density at radius 2 is 2.05 bits per heavy atom. The highest BCUT2D eigenvalue weighted by atomic mass is 32.1. The molecule has 102 valence electrons. The standard InChI is InChI=1S/C15H12FNOS2/c1-9-2-5-14-12(6-9)17(15(19)20-14)8-10-3-4-11(16)13(18)7-10/h2-7,18H,8H2,1H3. The van der Waals surface area contributed by atoms with Gasteiger partial charge in [-0.05, 0) is 54.5 Å². The lowest BCUT2D eigenvalue weighted by atomic mass is 10.2. The van der Waals surface area contributed by atoms with Crippen LogP contribution in [0.4, 0.5) is 4.39 Å². The number of aromatic nitrogens is 1. The number of aryl methyl sites for hydroxylation is 1. The molecular formula is C15H12FNOS2. The highest BCUT2D eigenvalue weighted by molar-refractivity contribution is 7.73. The minimum atomic E-state index is -0.608. The SMILES string of the molecule is Cc1ccc2sc(=S)n(Cc3ccc(F)c(O)c3)c2c1. The number of aromatic hydroxyl groups is 1. The fraction of sp³-hybridized carbons (Fsp3) is 0.133. The zero-order valence-electron chi connectivity index (χ0n) is 10.8. The van der Waals surface area contributed by atoms with Crippen LogP contribution in [0, 0.1) is 16.7 Å². The number of halogens is 1. The Morgan fingerprint density at radius 1 is 1.25 bits per heavy atom. The number of fused-ring (bicyclic) bond motifs is 1. The Labute approximate surface area is 124 Å². The minimum Gasteiger partial charge on any atom is -0.505 e. The van der Waals surface area contributed by atoms with Crippen LogP contribution < -0.4 is 0 Å². The van der Waals surface area contributed by atoms with Crippen molar-refractivity contribution in [2.24, 2.45) is 0 Å². The van der Waals surface area contributed by atoms with Gasteiger partial charge >= 0.3 is 0 Å². The molecule has 0 amide bonds. The lowest BCUT2D eigenvalue weighted by Gasteiger charge is -2.06. The third-order valence-electron chi connectivity index (χ3n) is 3.17. The lowest BCUT2D eigenvalue weighted by Crippen LogP contribution is -1.99. The summed E-state index contributed by atoms with van der Waals surface area (Å²) in [6, 6.07) is 10.6. The monoisotopic (exact) mass is 305 g/mol. The molecule has 1 aromatic heterocycles. The molecule has 1 N–H and O–H groups in total. The van der Waals surface area contributed by atoms with Crippen LogP contribution in [0.3, 0.4) is 0 Å². The average molecular weight is 305 g/mol. The van der Waals surface area contributed by atoms with Crippen LogP contribution in [0.2, 0.25) is 0 Å². The van der Waals surface area contributed by atoms with Crippen LogP contribution in [0.25, 0.3) is 10.2 Å². The molecule has 0 atom stereocenters. The van der Waals surface area contributed by atoms with Crippen LogP contribution in [-0.2, 0) is 6.54 Å². The Morgan fingerprint density at radius 3 is 2.80 bits per heavy atom. The summed E-state index contributed by atoms with van der Waals surface area (Å²) >= 11 is 6.95. The molecule has 0 fully saturated rings. The number of nitrogens with zero attached hydrogens (tertiary/aromatic N) is 1. The van der Waals surface area contributed by atoms with Crippen LogP contribution in [0.1, 0.15) is 11.1 Å². The van der Waals surface area contributed by atoms with Gasteiger partial charge in [0.05, 0.1) is 10.2 Å². The van der Waals surface area contributed by atoms with Gasteiger partial charge in [0.25, 0.3) is 0 Å². The predicted molar refractivity (Wildman–Crippen MR) is 82.6 cm³/mol. The molecule has 0 saturated heterocycles. The maximum absolute atomic E-state index is 13.1. The first-order valence-corrected chi connectivity index (χ1v) is 7.34. The zero-order chi connectivity index (χ0) is 14.3. The molecule has 0 aliphatic carbocycles. The van der Waals surface area contributed by atoms with Crippen molar-refractivity contribution in [1.29, 1.82) is 0 Å². The number of thiazole rings is 1. The average Bonchev–Trinajstić information content (AvgIpc) is 2.70. The van der Waals surface area contributed by atoms with E-state index >= 15 is 0 Å². The van der Waals surface area contributed by atoms with E-state index in [1.54, 1.807) is 17.4 Å². The van der Waals surface area contributed by atoms with Crippen LogP contribution in [0.5, 0.6) is 5.75 Å². The molecule has 0 saturated carbocycles. The van der Waals surface area contributed by atoms with Gasteiger partial charge in [-0.2, -0.15) is 0 Å². The first kappa shape index (κ1) is 13.3. The van der Waals surface area contributed by atoms with Gasteiger partial charge in [0.15, 0.2) is 15.5 Å². The van der Waals surface area contributed by atoms with Crippen molar-refractivity contribution in [2.75, 3.05) is 0 Å². The Kier molecular flexibility index (Phi) is 3.31. The van der Waals surface area contributed by atoms with E-state index in [4.69, 9.17) is 12.2 Å². The van der Waals surface area contributed by atoms with E-state index in [-0.39, 0.29) is 5.75 Å². The third-order valence-corrected chi connectivity index (χ3v) is 4.60. The second-order valence-corrected chi connectivity index (χ2v) is 6.39. The summed E-state index contributed by atoms with van der Waals surface area (Å²) in [4.78, 5) is 0. The maximum Gasteiger partial charge on any atom is 0.164 e. The van der Waals surface area contributed by atoms with Crippen molar-refractivity contribution in [3.63, 3.8) is 0 Å². The topological polar surface area (TPSA) is 25.2 Å². The van der Waals surface area contributed by atoms with Crippen molar-refractivity contribution >= 4 is 33.8 Å². The third kappa shape index (κ3) is 2.34. The van der Waals surface area contributed by atoms with Gasteiger partial charge in [-0.15, -0.1) is 11.3 Å². The quantitative estimate of drug-likeness (QED) is 0.698. The number of hydrogen-bond acceptors (Lipinski definition) is 3. The van der Waals surface area contributed by atoms with E-state index < -0.39 is 5.82 Å². The largest absolute Gasteiger partial charge is 0.505 e. The molecule has 20 heavy (non-hydrogen) atoms. The van der Waals surface area contributed by atoms with Crippen molar-refractivity contribution in [3.8, 4) is 5.75 Å². The Bertz CT molecular complexity index is 851. The lowest BCUT2D eigenvalue weighted by molar-refractivity contribution is 0.431. The molecule has 0 aliphatic rings. The van der Waals surface area contributed by atoms with E-state index in [2.05, 4.69) is 18.2 Å². The molecule has 0 bridgehead atoms. The number of phenolic OH excluding ortho intramolecular Hbond substituents is 1. The minimum absolute atomic E-state index is 0.329. The van der Waals surface area contributed by atoms with Crippen molar-refractivity contribution in [1.82, 2.24) is 4.57 Å². The maximum atomic E-state index is 13.1. The van der Waals surface area contributed by atoms with Crippen LogP contribution >= 0.6 is 23.6 Å². The number of phenols is 1. The molecule has 1 heterocycles.